The van der Waals surface area contributed by atoms with E-state index in [2.05, 4.69) is 20.1 Å². The van der Waals surface area contributed by atoms with Gasteiger partial charge in [-0.2, -0.15) is 13.6 Å². The zero-order valence-electron chi connectivity index (χ0n) is 9.96. The molecule has 1 aromatic heterocycles. The van der Waals surface area contributed by atoms with Crippen LogP contribution in [0.4, 0.5) is 8.78 Å². The lowest BCUT2D eigenvalue weighted by molar-refractivity contribution is -0.0498. The Hall–Kier alpha value is -2.38. The second-order valence-corrected chi connectivity index (χ2v) is 3.70. The van der Waals surface area contributed by atoms with Gasteiger partial charge in [0.15, 0.2) is 11.6 Å². The SMILES string of the molecule is Cn1nnc(CC(=O)c2cccc(OC(F)F)c2)n1. The van der Waals surface area contributed by atoms with Gasteiger partial charge >= 0.3 is 6.61 Å². The molecule has 0 radical (unpaired) electrons. The Labute approximate surface area is 107 Å². The number of nitrogens with zero attached hydrogens (tertiary/aromatic N) is 4. The van der Waals surface area contributed by atoms with Gasteiger partial charge in [-0.3, -0.25) is 4.79 Å². The fourth-order valence-corrected chi connectivity index (χ4v) is 1.49. The molecule has 0 saturated carbocycles. The fourth-order valence-electron chi connectivity index (χ4n) is 1.49. The molecule has 0 N–H and O–H groups in total. The Morgan fingerprint density at radius 1 is 1.47 bits per heavy atom. The standard InChI is InChI=1S/C11H10F2N4O2/c1-17-15-10(14-16-17)6-9(18)7-3-2-4-8(5-7)19-11(12)13/h2-5,11H,6H2,1H3. The first-order valence-corrected chi connectivity index (χ1v) is 5.35. The van der Waals surface area contributed by atoms with E-state index in [9.17, 15) is 13.6 Å². The molecule has 0 unspecified atom stereocenters. The average Bonchev–Trinajstić information content (AvgIpc) is 2.74. The molecule has 100 valence electrons. The van der Waals surface area contributed by atoms with Crippen LogP contribution in [0.15, 0.2) is 24.3 Å². The molecule has 0 amide bonds. The summed E-state index contributed by atoms with van der Waals surface area (Å²) in [7, 11) is 1.58. The monoisotopic (exact) mass is 268 g/mol. The van der Waals surface area contributed by atoms with E-state index in [1.54, 1.807) is 7.05 Å². The number of carbonyl (C=O) groups is 1. The van der Waals surface area contributed by atoms with Crippen LogP contribution >= 0.6 is 0 Å². The van der Waals surface area contributed by atoms with Gasteiger partial charge in [-0.1, -0.05) is 12.1 Å². The molecule has 6 nitrogen and oxygen atoms in total. The summed E-state index contributed by atoms with van der Waals surface area (Å²) in [5.74, 6) is -0.0895. The normalized spacial score (nSPS) is 10.7. The predicted octanol–water partition coefficient (Wildman–Crippen LogP) is 1.24. The largest absolute Gasteiger partial charge is 0.435 e. The van der Waals surface area contributed by atoms with Crippen molar-refractivity contribution in [2.45, 2.75) is 13.0 Å². The maximum atomic E-state index is 12.1. The highest BCUT2D eigenvalue weighted by Gasteiger charge is 2.12. The van der Waals surface area contributed by atoms with Crippen LogP contribution < -0.4 is 4.74 Å². The second-order valence-electron chi connectivity index (χ2n) is 3.70. The molecule has 1 heterocycles. The van der Waals surface area contributed by atoms with E-state index in [0.717, 1.165) is 0 Å². The molecular weight excluding hydrogens is 258 g/mol. The topological polar surface area (TPSA) is 69.9 Å². The van der Waals surface area contributed by atoms with Crippen LogP contribution in [0.5, 0.6) is 5.75 Å². The minimum Gasteiger partial charge on any atom is -0.435 e. The summed E-state index contributed by atoms with van der Waals surface area (Å²) in [5.41, 5.74) is 0.255. The van der Waals surface area contributed by atoms with Crippen molar-refractivity contribution in [2.75, 3.05) is 0 Å². The van der Waals surface area contributed by atoms with Crippen molar-refractivity contribution in [1.29, 1.82) is 0 Å². The van der Waals surface area contributed by atoms with Crippen LogP contribution in [0.2, 0.25) is 0 Å². The van der Waals surface area contributed by atoms with Crippen molar-refractivity contribution in [3.63, 3.8) is 0 Å². The molecule has 8 heteroatoms. The molecule has 1 aromatic carbocycles. The molecule has 0 aliphatic rings. The lowest BCUT2D eigenvalue weighted by Gasteiger charge is -2.05. The Balaban J connectivity index is 2.10. The number of hydrogen-bond donors (Lipinski definition) is 0. The quantitative estimate of drug-likeness (QED) is 0.763. The zero-order valence-corrected chi connectivity index (χ0v) is 9.96. The van der Waals surface area contributed by atoms with Crippen LogP contribution in [0.3, 0.4) is 0 Å². The summed E-state index contributed by atoms with van der Waals surface area (Å²) in [6, 6.07) is 5.58. The van der Waals surface area contributed by atoms with E-state index in [1.807, 2.05) is 0 Å². The molecule has 0 aliphatic heterocycles. The van der Waals surface area contributed by atoms with E-state index in [-0.39, 0.29) is 29.3 Å². The number of tetrazole rings is 1. The van der Waals surface area contributed by atoms with Crippen LogP contribution in [0.25, 0.3) is 0 Å². The Morgan fingerprint density at radius 2 is 2.26 bits per heavy atom. The number of aryl methyl sites for hydroxylation is 1. The number of halogens is 2. The number of alkyl halides is 2. The third-order valence-corrected chi connectivity index (χ3v) is 2.25. The molecule has 0 atom stereocenters. The molecule has 2 rings (SSSR count). The molecule has 2 aromatic rings. The molecule has 0 aliphatic carbocycles. The van der Waals surface area contributed by atoms with Gasteiger partial charge in [0, 0.05) is 5.56 Å². The van der Waals surface area contributed by atoms with Crippen LogP contribution in [-0.2, 0) is 13.5 Å². The number of aromatic nitrogens is 4. The van der Waals surface area contributed by atoms with Crippen molar-refractivity contribution >= 4 is 5.78 Å². The fraction of sp³-hybridized carbons (Fsp3) is 0.273. The van der Waals surface area contributed by atoms with Crippen LogP contribution in [-0.4, -0.2) is 32.6 Å². The molecular formula is C11H10F2N4O2. The van der Waals surface area contributed by atoms with Crippen molar-refractivity contribution in [3.05, 3.63) is 35.7 Å². The van der Waals surface area contributed by atoms with E-state index in [0.29, 0.717) is 0 Å². The minimum absolute atomic E-state index is 0.0496. The number of Topliss-reactive ketones (excluding diaryl/α,β-unsaturated/α-hetero) is 1. The van der Waals surface area contributed by atoms with Gasteiger partial charge < -0.3 is 4.74 Å². The van der Waals surface area contributed by atoms with Gasteiger partial charge in [-0.15, -0.1) is 10.2 Å². The number of benzene rings is 1. The summed E-state index contributed by atoms with van der Waals surface area (Å²) >= 11 is 0. The van der Waals surface area contributed by atoms with E-state index < -0.39 is 6.61 Å². The average molecular weight is 268 g/mol. The number of rotatable bonds is 5. The van der Waals surface area contributed by atoms with Gasteiger partial charge in [0.1, 0.15) is 5.75 Å². The van der Waals surface area contributed by atoms with Gasteiger partial charge in [0.05, 0.1) is 13.5 Å². The maximum absolute atomic E-state index is 12.1. The maximum Gasteiger partial charge on any atom is 0.387 e. The lowest BCUT2D eigenvalue weighted by Crippen LogP contribution is -2.07. The van der Waals surface area contributed by atoms with E-state index in [4.69, 9.17) is 0 Å². The summed E-state index contributed by atoms with van der Waals surface area (Å²) in [5, 5.41) is 11.2. The van der Waals surface area contributed by atoms with Gasteiger partial charge in [-0.05, 0) is 17.3 Å². The lowest BCUT2D eigenvalue weighted by atomic mass is 10.1. The first kappa shape index (κ1) is 13.1. The number of hydrogen-bond acceptors (Lipinski definition) is 5. The molecule has 19 heavy (non-hydrogen) atoms. The first-order valence-electron chi connectivity index (χ1n) is 5.35. The highest BCUT2D eigenvalue weighted by molar-refractivity contribution is 5.97. The summed E-state index contributed by atoms with van der Waals surface area (Å²) in [4.78, 5) is 13.1. The first-order chi connectivity index (χ1) is 9.04. The Morgan fingerprint density at radius 3 is 2.89 bits per heavy atom. The minimum atomic E-state index is -2.92. The van der Waals surface area contributed by atoms with Crippen LogP contribution in [0, 0.1) is 0 Å². The third-order valence-electron chi connectivity index (χ3n) is 2.25. The van der Waals surface area contributed by atoms with Gasteiger partial charge in [0.2, 0.25) is 0 Å². The predicted molar refractivity (Wildman–Crippen MR) is 59.9 cm³/mol. The highest BCUT2D eigenvalue weighted by atomic mass is 19.3. The summed E-state index contributed by atoms with van der Waals surface area (Å²) in [6.07, 6.45) is -0.0496. The smallest absolute Gasteiger partial charge is 0.387 e. The Bertz CT molecular complexity index is 586. The Kier molecular flexibility index (Phi) is 3.79. The molecule has 0 saturated heterocycles. The third kappa shape index (κ3) is 3.54. The zero-order chi connectivity index (χ0) is 13.8. The van der Waals surface area contributed by atoms with Crippen molar-refractivity contribution in [1.82, 2.24) is 20.2 Å². The van der Waals surface area contributed by atoms with Crippen molar-refractivity contribution < 1.29 is 18.3 Å². The van der Waals surface area contributed by atoms with Gasteiger partial charge in [-0.25, -0.2) is 0 Å². The summed E-state index contributed by atoms with van der Waals surface area (Å²) in [6.45, 7) is -2.92. The van der Waals surface area contributed by atoms with Crippen LogP contribution in [0.1, 0.15) is 16.2 Å². The highest BCUT2D eigenvalue weighted by Crippen LogP contribution is 2.16. The summed E-state index contributed by atoms with van der Waals surface area (Å²) < 4.78 is 28.4. The molecule has 0 fully saturated rings. The number of carbonyl (C=O) groups excluding carboxylic acids is 1. The molecule has 0 bridgehead atoms. The van der Waals surface area contributed by atoms with Gasteiger partial charge in [0.25, 0.3) is 0 Å². The second kappa shape index (κ2) is 5.51. The number of ketones is 1. The number of ether oxygens (including phenoxy) is 1. The van der Waals surface area contributed by atoms with E-state index >= 15 is 0 Å². The van der Waals surface area contributed by atoms with Crippen molar-refractivity contribution in [3.8, 4) is 5.75 Å². The molecule has 0 spiro atoms. The van der Waals surface area contributed by atoms with Crippen molar-refractivity contribution in [2.24, 2.45) is 7.05 Å². The van der Waals surface area contributed by atoms with E-state index in [1.165, 1.54) is 29.1 Å².